The second-order valence-electron chi connectivity index (χ2n) is 6.04. The quantitative estimate of drug-likeness (QED) is 0.931. The summed E-state index contributed by atoms with van der Waals surface area (Å²) in [6.45, 7) is 8.12. The van der Waals surface area contributed by atoms with Crippen molar-refractivity contribution in [2.45, 2.75) is 39.5 Å². The Balaban J connectivity index is 1.98. The fourth-order valence-electron chi connectivity index (χ4n) is 1.77. The van der Waals surface area contributed by atoms with Crippen molar-refractivity contribution in [1.82, 2.24) is 5.16 Å². The van der Waals surface area contributed by atoms with Crippen LogP contribution >= 0.6 is 0 Å². The van der Waals surface area contributed by atoms with E-state index in [4.69, 9.17) is 4.52 Å². The minimum absolute atomic E-state index is 0.0948. The predicted molar refractivity (Wildman–Crippen MR) is 78.7 cm³/mol. The largest absolute Gasteiger partial charge is 0.359 e. The van der Waals surface area contributed by atoms with Gasteiger partial charge >= 0.3 is 0 Å². The van der Waals surface area contributed by atoms with Gasteiger partial charge in [-0.2, -0.15) is 0 Å². The first kappa shape index (κ1) is 14.3. The maximum absolute atomic E-state index is 11.9. The lowest BCUT2D eigenvalue weighted by atomic mass is 9.93. The molecule has 0 atom stereocenters. The van der Waals surface area contributed by atoms with Gasteiger partial charge in [0, 0.05) is 11.5 Å². The van der Waals surface area contributed by atoms with Crippen molar-refractivity contribution < 1.29 is 9.32 Å². The molecule has 4 nitrogen and oxygen atoms in total. The molecule has 1 aromatic carbocycles. The lowest BCUT2D eigenvalue weighted by Gasteiger charge is -2.12. The molecule has 1 aromatic heterocycles. The van der Waals surface area contributed by atoms with Crippen LogP contribution in [0.5, 0.6) is 0 Å². The van der Waals surface area contributed by atoms with E-state index in [1.807, 2.05) is 52.0 Å². The van der Waals surface area contributed by atoms with E-state index in [0.717, 1.165) is 11.3 Å². The third kappa shape index (κ3) is 3.70. The fraction of sp³-hybridized carbons (Fsp3) is 0.375. The highest BCUT2D eigenvalue weighted by Gasteiger charge is 2.20. The lowest BCUT2D eigenvalue weighted by Crippen LogP contribution is -2.14. The third-order valence-electron chi connectivity index (χ3n) is 3.00. The van der Waals surface area contributed by atoms with Gasteiger partial charge in [0.1, 0.15) is 5.76 Å². The SMILES string of the molecule is Cc1ccc(CC(=O)Nc2cc(C(C)(C)C)on2)cc1. The average Bonchev–Trinajstić information content (AvgIpc) is 2.80. The van der Waals surface area contributed by atoms with Gasteiger partial charge in [0.05, 0.1) is 6.42 Å². The average molecular weight is 272 g/mol. The molecule has 4 heteroatoms. The van der Waals surface area contributed by atoms with Crippen LogP contribution in [0.1, 0.15) is 37.7 Å². The molecule has 20 heavy (non-hydrogen) atoms. The predicted octanol–water partition coefficient (Wildman–Crippen LogP) is 3.46. The number of carbonyl (C=O) groups is 1. The number of rotatable bonds is 3. The molecule has 0 aliphatic rings. The van der Waals surface area contributed by atoms with Crippen molar-refractivity contribution in [3.63, 3.8) is 0 Å². The summed E-state index contributed by atoms with van der Waals surface area (Å²) < 4.78 is 5.23. The van der Waals surface area contributed by atoms with Crippen LogP contribution in [-0.4, -0.2) is 11.1 Å². The molecule has 1 amide bonds. The Labute approximate surface area is 119 Å². The molecule has 0 bridgehead atoms. The number of nitrogens with one attached hydrogen (secondary N) is 1. The summed E-state index contributed by atoms with van der Waals surface area (Å²) in [6, 6.07) is 9.68. The van der Waals surface area contributed by atoms with E-state index in [9.17, 15) is 4.79 Å². The van der Waals surface area contributed by atoms with Crippen molar-refractivity contribution in [1.29, 1.82) is 0 Å². The van der Waals surface area contributed by atoms with E-state index >= 15 is 0 Å². The zero-order valence-corrected chi connectivity index (χ0v) is 12.4. The second kappa shape index (κ2) is 5.49. The molecule has 2 rings (SSSR count). The van der Waals surface area contributed by atoms with Crippen molar-refractivity contribution in [3.05, 3.63) is 47.2 Å². The monoisotopic (exact) mass is 272 g/mol. The highest BCUT2D eigenvalue weighted by Crippen LogP contribution is 2.24. The molecule has 0 saturated carbocycles. The summed E-state index contributed by atoms with van der Waals surface area (Å²) >= 11 is 0. The van der Waals surface area contributed by atoms with Gasteiger partial charge in [0.2, 0.25) is 5.91 Å². The Morgan fingerprint density at radius 1 is 1.25 bits per heavy atom. The van der Waals surface area contributed by atoms with Gasteiger partial charge in [-0.05, 0) is 12.5 Å². The number of aromatic nitrogens is 1. The number of hydrogen-bond acceptors (Lipinski definition) is 3. The van der Waals surface area contributed by atoms with E-state index in [1.54, 1.807) is 6.07 Å². The lowest BCUT2D eigenvalue weighted by molar-refractivity contribution is -0.115. The van der Waals surface area contributed by atoms with Crippen molar-refractivity contribution in [2.24, 2.45) is 0 Å². The maximum Gasteiger partial charge on any atom is 0.230 e. The molecule has 0 saturated heterocycles. The number of benzene rings is 1. The van der Waals surface area contributed by atoms with E-state index < -0.39 is 0 Å². The first-order valence-corrected chi connectivity index (χ1v) is 6.67. The van der Waals surface area contributed by atoms with Crippen LogP contribution in [0.15, 0.2) is 34.9 Å². The van der Waals surface area contributed by atoms with Crippen LogP contribution < -0.4 is 5.32 Å². The molecular formula is C16H20N2O2. The van der Waals surface area contributed by atoms with Crippen LogP contribution in [0.2, 0.25) is 0 Å². The summed E-state index contributed by atoms with van der Waals surface area (Å²) in [5.41, 5.74) is 2.04. The van der Waals surface area contributed by atoms with Crippen molar-refractivity contribution in [3.8, 4) is 0 Å². The van der Waals surface area contributed by atoms with Crippen LogP contribution in [0, 0.1) is 6.92 Å². The molecular weight excluding hydrogens is 252 g/mol. The highest BCUT2D eigenvalue weighted by atomic mass is 16.5. The molecule has 0 aliphatic carbocycles. The Kier molecular flexibility index (Phi) is 3.93. The molecule has 1 heterocycles. The van der Waals surface area contributed by atoms with Crippen LogP contribution in [0.25, 0.3) is 0 Å². The van der Waals surface area contributed by atoms with Gasteiger partial charge in [-0.1, -0.05) is 55.8 Å². The summed E-state index contributed by atoms with van der Waals surface area (Å²) in [7, 11) is 0. The molecule has 0 fully saturated rings. The van der Waals surface area contributed by atoms with Gasteiger partial charge < -0.3 is 9.84 Å². The first-order chi connectivity index (χ1) is 9.34. The fourth-order valence-corrected chi connectivity index (χ4v) is 1.77. The molecule has 106 valence electrons. The maximum atomic E-state index is 11.9. The molecule has 2 aromatic rings. The second-order valence-corrected chi connectivity index (χ2v) is 6.04. The van der Waals surface area contributed by atoms with Crippen LogP contribution in [-0.2, 0) is 16.6 Å². The van der Waals surface area contributed by atoms with E-state index in [1.165, 1.54) is 5.56 Å². The summed E-state index contributed by atoms with van der Waals surface area (Å²) in [6.07, 6.45) is 0.331. The normalized spacial score (nSPS) is 11.4. The third-order valence-corrected chi connectivity index (χ3v) is 3.00. The number of amides is 1. The summed E-state index contributed by atoms with van der Waals surface area (Å²) in [4.78, 5) is 11.9. The Morgan fingerprint density at radius 2 is 1.90 bits per heavy atom. The van der Waals surface area contributed by atoms with Crippen molar-refractivity contribution in [2.75, 3.05) is 5.32 Å². The number of carbonyl (C=O) groups excluding carboxylic acids is 1. The smallest absolute Gasteiger partial charge is 0.230 e. The molecule has 0 unspecified atom stereocenters. The van der Waals surface area contributed by atoms with Gasteiger partial charge in [0.25, 0.3) is 0 Å². The first-order valence-electron chi connectivity index (χ1n) is 6.67. The van der Waals surface area contributed by atoms with Crippen LogP contribution in [0.3, 0.4) is 0 Å². The minimum Gasteiger partial charge on any atom is -0.359 e. The Bertz CT molecular complexity index is 592. The molecule has 1 N–H and O–H groups in total. The van der Waals surface area contributed by atoms with Crippen LogP contribution in [0.4, 0.5) is 5.82 Å². The summed E-state index contributed by atoms with van der Waals surface area (Å²) in [5.74, 6) is 1.12. The number of anilines is 1. The van der Waals surface area contributed by atoms with E-state index in [-0.39, 0.29) is 11.3 Å². The topological polar surface area (TPSA) is 55.1 Å². The summed E-state index contributed by atoms with van der Waals surface area (Å²) in [5, 5.41) is 6.63. The van der Waals surface area contributed by atoms with Crippen molar-refractivity contribution >= 4 is 11.7 Å². The van der Waals surface area contributed by atoms with Gasteiger partial charge in [-0.25, -0.2) is 0 Å². The standard InChI is InChI=1S/C16H20N2O2/c1-11-5-7-12(8-6-11)9-15(19)17-14-10-13(20-18-14)16(2,3)4/h5-8,10H,9H2,1-4H3,(H,17,18,19). The van der Waals surface area contributed by atoms with Gasteiger partial charge in [0.15, 0.2) is 5.82 Å². The zero-order chi connectivity index (χ0) is 14.8. The van der Waals surface area contributed by atoms with Gasteiger partial charge in [-0.3, -0.25) is 4.79 Å². The number of aryl methyl sites for hydroxylation is 1. The highest BCUT2D eigenvalue weighted by molar-refractivity contribution is 5.91. The number of hydrogen-bond donors (Lipinski definition) is 1. The zero-order valence-electron chi connectivity index (χ0n) is 12.4. The number of nitrogens with zero attached hydrogens (tertiary/aromatic N) is 1. The molecule has 0 aliphatic heterocycles. The molecule has 0 spiro atoms. The Hall–Kier alpha value is -2.10. The van der Waals surface area contributed by atoms with Gasteiger partial charge in [-0.15, -0.1) is 0 Å². The Morgan fingerprint density at radius 3 is 2.45 bits per heavy atom. The molecule has 0 radical (unpaired) electrons. The minimum atomic E-state index is -0.118. The van der Waals surface area contributed by atoms with E-state index in [0.29, 0.717) is 12.2 Å². The van der Waals surface area contributed by atoms with E-state index in [2.05, 4.69) is 10.5 Å².